The third kappa shape index (κ3) is 5.18. The molecule has 0 aromatic heterocycles. The highest BCUT2D eigenvalue weighted by molar-refractivity contribution is 8.15. The molecule has 0 rings (SSSR count). The van der Waals surface area contributed by atoms with Crippen molar-refractivity contribution in [3.63, 3.8) is 0 Å². The smallest absolute Gasteiger partial charge is 0.316 e. The first-order chi connectivity index (χ1) is 7.37. The van der Waals surface area contributed by atoms with Crippen LogP contribution in [0.3, 0.4) is 0 Å². The van der Waals surface area contributed by atoms with Crippen LogP contribution < -0.4 is 4.72 Å². The van der Waals surface area contributed by atoms with Gasteiger partial charge in [0.2, 0.25) is 0 Å². The molecule has 0 aliphatic rings. The van der Waals surface area contributed by atoms with Gasteiger partial charge in [0.1, 0.15) is 0 Å². The molecule has 9 heteroatoms. The van der Waals surface area contributed by atoms with Crippen molar-refractivity contribution in [3.8, 4) is 0 Å². The number of halogens is 1. The maximum Gasteiger partial charge on any atom is 0.316 e. The molecule has 0 amide bonds. The zero-order valence-electron chi connectivity index (χ0n) is 9.60. The third-order valence-electron chi connectivity index (χ3n) is 1.51. The number of carbonyl (C=O) groups excluding carboxylic acids is 1. The molecular weight excluding hydrogens is 274 g/mol. The molecule has 1 N–H and O–H groups in total. The van der Waals surface area contributed by atoms with Crippen LogP contribution in [0.1, 0.15) is 13.8 Å². The van der Waals surface area contributed by atoms with Crippen molar-refractivity contribution in [3.05, 3.63) is 0 Å². The minimum absolute atomic E-state index is 0.0259. The Bertz CT molecular complexity index is 272. The van der Waals surface area contributed by atoms with E-state index in [1.165, 1.54) is 14.2 Å². The van der Waals surface area contributed by atoms with Crippen LogP contribution in [0.5, 0.6) is 0 Å². The predicted molar refractivity (Wildman–Crippen MR) is 67.0 cm³/mol. The highest BCUT2D eigenvalue weighted by Gasteiger charge is 2.29. The van der Waals surface area contributed by atoms with E-state index in [-0.39, 0.29) is 12.6 Å². The van der Waals surface area contributed by atoms with E-state index in [1.54, 1.807) is 4.08 Å². The van der Waals surface area contributed by atoms with E-state index >= 15 is 0 Å². The average Bonchev–Trinajstić information content (AvgIpc) is 2.22. The summed E-state index contributed by atoms with van der Waals surface area (Å²) in [6.07, 6.45) is 0. The van der Waals surface area contributed by atoms with Gasteiger partial charge in [-0.25, -0.2) is 4.72 Å². The first-order valence-corrected chi connectivity index (χ1v) is 7.83. The van der Waals surface area contributed by atoms with E-state index in [0.717, 1.165) is 12.1 Å². The van der Waals surface area contributed by atoms with Gasteiger partial charge in [0.05, 0.1) is 6.54 Å². The zero-order chi connectivity index (χ0) is 12.8. The average molecular weight is 290 g/mol. The van der Waals surface area contributed by atoms with Crippen LogP contribution in [0, 0.1) is 0 Å². The van der Waals surface area contributed by atoms with Crippen LogP contribution in [-0.2, 0) is 25.6 Å². The summed E-state index contributed by atoms with van der Waals surface area (Å²) in [4.78, 5) is 10.1. The van der Waals surface area contributed by atoms with E-state index in [0.29, 0.717) is 0 Å². The second-order valence-corrected chi connectivity index (χ2v) is 7.62. The van der Waals surface area contributed by atoms with Crippen molar-refractivity contribution in [2.45, 2.75) is 19.9 Å². The molecule has 0 saturated carbocycles. The topological polar surface area (TPSA) is 50.8 Å². The number of carbonyl (C=O) groups is 1. The minimum Gasteiger partial charge on any atom is -0.321 e. The highest BCUT2D eigenvalue weighted by Crippen LogP contribution is 2.55. The van der Waals surface area contributed by atoms with Crippen LogP contribution >= 0.6 is 18.8 Å². The number of nitrogens with one attached hydrogen (secondary N) is 1. The highest BCUT2D eigenvalue weighted by atomic mass is 32.5. The van der Waals surface area contributed by atoms with Crippen molar-refractivity contribution in [1.29, 1.82) is 0 Å². The van der Waals surface area contributed by atoms with E-state index in [1.807, 2.05) is 13.8 Å². The molecule has 16 heavy (non-hydrogen) atoms. The van der Waals surface area contributed by atoms with Crippen molar-refractivity contribution in [1.82, 2.24) is 8.80 Å². The fourth-order valence-corrected chi connectivity index (χ4v) is 4.23. The quantitative estimate of drug-likeness (QED) is 0.416. The summed E-state index contributed by atoms with van der Waals surface area (Å²) in [7, 11) is 2.92. The molecule has 0 heterocycles. The molecule has 0 saturated heterocycles. The second kappa shape index (κ2) is 7.71. The number of hydrogen-bond donors (Lipinski definition) is 1. The Hall–Kier alpha value is 0.440. The van der Waals surface area contributed by atoms with Gasteiger partial charge in [0, 0.05) is 32.4 Å². The van der Waals surface area contributed by atoms with Crippen LogP contribution in [0.4, 0.5) is 4.39 Å². The van der Waals surface area contributed by atoms with Gasteiger partial charge in [-0.05, 0) is 25.7 Å². The molecule has 0 aliphatic heterocycles. The van der Waals surface area contributed by atoms with E-state index < -0.39 is 12.7 Å². The summed E-state index contributed by atoms with van der Waals surface area (Å²) in [5.74, 6) is 0. The van der Waals surface area contributed by atoms with Gasteiger partial charge in [-0.3, -0.25) is 4.79 Å². The lowest BCUT2D eigenvalue weighted by Crippen LogP contribution is -2.27. The fraction of sp³-hybridized carbons (Fsp3) is 0.857. The van der Waals surface area contributed by atoms with Gasteiger partial charge >= 0.3 is 6.04 Å². The molecule has 0 fully saturated rings. The second-order valence-electron chi connectivity index (χ2n) is 3.00. The van der Waals surface area contributed by atoms with Gasteiger partial charge in [0.15, 0.2) is 0 Å². The summed E-state index contributed by atoms with van der Waals surface area (Å²) >= 11 is 6.27. The lowest BCUT2D eigenvalue weighted by molar-refractivity contribution is -0.127. The van der Waals surface area contributed by atoms with E-state index in [4.69, 9.17) is 20.9 Å². The molecule has 0 aromatic rings. The molecule has 0 radical (unpaired) electrons. The van der Waals surface area contributed by atoms with Crippen molar-refractivity contribution >= 4 is 36.6 Å². The predicted octanol–water partition coefficient (Wildman–Crippen LogP) is 1.86. The summed E-state index contributed by atoms with van der Waals surface area (Å²) in [6.45, 7) is 0.835. The Morgan fingerprint density at radius 2 is 2.06 bits per heavy atom. The molecule has 0 spiro atoms. The molecule has 0 unspecified atom stereocenters. The summed E-state index contributed by atoms with van der Waals surface area (Å²) in [6, 6.07) is -1.41. The maximum atomic E-state index is 12.0. The minimum atomic E-state index is -2.57. The Labute approximate surface area is 105 Å². The Morgan fingerprint density at radius 3 is 2.38 bits per heavy atom. The zero-order valence-corrected chi connectivity index (χ0v) is 12.1. The van der Waals surface area contributed by atoms with Gasteiger partial charge in [-0.2, -0.15) is 8.47 Å². The molecular formula is C7H16FN2O3PS2. The van der Waals surface area contributed by atoms with Crippen LogP contribution in [0.2, 0.25) is 0 Å². The standard InChI is InChI=1S/C7H16FN2O3PS2/c1-6(2)10(14(15,12-3)13-4)16-9-5-7(8)11/h6,9H,5H2,1-4H3. The summed E-state index contributed by atoms with van der Waals surface area (Å²) < 4.78 is 26.5. The van der Waals surface area contributed by atoms with Crippen LogP contribution in [0.15, 0.2) is 0 Å². The normalized spacial score (nSPS) is 12.4. The summed E-state index contributed by atoms with van der Waals surface area (Å²) in [5.41, 5.74) is 0. The van der Waals surface area contributed by atoms with Gasteiger partial charge in [0.25, 0.3) is 6.64 Å². The maximum absolute atomic E-state index is 12.0. The third-order valence-corrected chi connectivity index (χ3v) is 6.89. The molecule has 0 aromatic carbocycles. The summed E-state index contributed by atoms with van der Waals surface area (Å²) in [5, 5.41) is 0. The van der Waals surface area contributed by atoms with Crippen molar-refractivity contribution in [2.75, 3.05) is 20.8 Å². The van der Waals surface area contributed by atoms with Crippen molar-refractivity contribution < 1.29 is 18.2 Å². The SMILES string of the molecule is COP(=S)(OC)N(SNCC(=O)F)C(C)C. The molecule has 0 atom stereocenters. The molecule has 0 bridgehead atoms. The number of rotatable bonds is 8. The van der Waals surface area contributed by atoms with Gasteiger partial charge < -0.3 is 9.05 Å². The van der Waals surface area contributed by atoms with E-state index in [9.17, 15) is 9.18 Å². The Morgan fingerprint density at radius 1 is 1.56 bits per heavy atom. The lowest BCUT2D eigenvalue weighted by Gasteiger charge is -2.32. The monoisotopic (exact) mass is 290 g/mol. The molecule has 96 valence electrons. The first kappa shape index (κ1) is 16.4. The number of nitrogens with zero attached hydrogens (tertiary/aromatic N) is 1. The Kier molecular flexibility index (Phi) is 7.92. The van der Waals surface area contributed by atoms with Crippen LogP contribution in [-0.4, -0.2) is 36.9 Å². The molecule has 0 aliphatic carbocycles. The van der Waals surface area contributed by atoms with Crippen LogP contribution in [0.25, 0.3) is 0 Å². The van der Waals surface area contributed by atoms with Gasteiger partial charge in [-0.1, -0.05) is 0 Å². The van der Waals surface area contributed by atoms with E-state index in [2.05, 4.69) is 4.72 Å². The largest absolute Gasteiger partial charge is 0.321 e. The van der Waals surface area contributed by atoms with Gasteiger partial charge in [-0.15, -0.1) is 0 Å². The Balaban J connectivity index is 4.49. The molecule has 5 nitrogen and oxygen atoms in total. The fourth-order valence-electron chi connectivity index (χ4n) is 0.829. The van der Waals surface area contributed by atoms with Crippen molar-refractivity contribution in [2.24, 2.45) is 0 Å². The lowest BCUT2D eigenvalue weighted by atomic mass is 10.4. The first-order valence-electron chi connectivity index (χ1n) is 4.46. The number of hydrogen-bond acceptors (Lipinski definition) is 6.